The van der Waals surface area contributed by atoms with Crippen molar-refractivity contribution in [1.29, 1.82) is 0 Å². The van der Waals surface area contributed by atoms with Gasteiger partial charge in [-0.1, -0.05) is 26.3 Å². The van der Waals surface area contributed by atoms with Crippen LogP contribution in [0.15, 0.2) is 36.5 Å². The lowest BCUT2D eigenvalue weighted by atomic mass is 10.0. The highest BCUT2D eigenvalue weighted by Gasteiger charge is 2.07. The first-order valence-corrected chi connectivity index (χ1v) is 6.55. The number of hydrogen-bond donors (Lipinski definition) is 0. The van der Waals surface area contributed by atoms with Crippen LogP contribution in [0.4, 0.5) is 0 Å². The molecule has 0 N–H and O–H groups in total. The second-order valence-electron chi connectivity index (χ2n) is 5.12. The molecule has 18 heavy (non-hydrogen) atoms. The Balaban J connectivity index is 2.08. The molecule has 94 valence electrons. The standard InChI is InChI=1S/C16H19NO/c1-12(2)5-3-7-16(18)14-8-9-15-13(11-14)6-4-10-17-15/h4,6,8-12H,3,5,7H2,1-2H3. The zero-order valence-electron chi connectivity index (χ0n) is 11.0. The molecule has 0 amide bonds. The van der Waals surface area contributed by atoms with Crippen LogP contribution in [0.1, 0.15) is 43.5 Å². The van der Waals surface area contributed by atoms with Crippen LogP contribution < -0.4 is 0 Å². The number of aromatic nitrogens is 1. The number of carbonyl (C=O) groups excluding carboxylic acids is 1. The summed E-state index contributed by atoms with van der Waals surface area (Å²) in [7, 11) is 0. The van der Waals surface area contributed by atoms with E-state index in [0.29, 0.717) is 12.3 Å². The Morgan fingerprint density at radius 3 is 2.89 bits per heavy atom. The fraction of sp³-hybridized carbons (Fsp3) is 0.375. The molecule has 0 atom stereocenters. The van der Waals surface area contributed by atoms with Gasteiger partial charge in [0.05, 0.1) is 5.52 Å². The first kappa shape index (κ1) is 12.7. The fourth-order valence-electron chi connectivity index (χ4n) is 2.06. The predicted octanol–water partition coefficient (Wildman–Crippen LogP) is 4.24. The minimum Gasteiger partial charge on any atom is -0.294 e. The van der Waals surface area contributed by atoms with Gasteiger partial charge in [0.25, 0.3) is 0 Å². The highest BCUT2D eigenvalue weighted by atomic mass is 16.1. The first-order valence-electron chi connectivity index (χ1n) is 6.55. The van der Waals surface area contributed by atoms with Crippen LogP contribution in [0.25, 0.3) is 10.9 Å². The Morgan fingerprint density at radius 1 is 1.28 bits per heavy atom. The Morgan fingerprint density at radius 2 is 2.11 bits per heavy atom. The Hall–Kier alpha value is -1.70. The molecule has 2 heteroatoms. The van der Waals surface area contributed by atoms with Crippen LogP contribution in [0.3, 0.4) is 0 Å². The highest BCUT2D eigenvalue weighted by molar-refractivity contribution is 5.99. The lowest BCUT2D eigenvalue weighted by molar-refractivity contribution is 0.0978. The van der Waals surface area contributed by atoms with E-state index in [-0.39, 0.29) is 5.78 Å². The van der Waals surface area contributed by atoms with Crippen molar-refractivity contribution < 1.29 is 4.79 Å². The molecule has 1 aromatic heterocycles. The molecule has 0 bridgehead atoms. The number of rotatable bonds is 5. The molecule has 0 aliphatic rings. The number of pyridine rings is 1. The molecule has 0 aliphatic carbocycles. The topological polar surface area (TPSA) is 30.0 Å². The number of fused-ring (bicyclic) bond motifs is 1. The van der Waals surface area contributed by atoms with Gasteiger partial charge >= 0.3 is 0 Å². The van der Waals surface area contributed by atoms with Crippen LogP contribution in [0.5, 0.6) is 0 Å². The van der Waals surface area contributed by atoms with Crippen molar-refractivity contribution in [2.75, 3.05) is 0 Å². The van der Waals surface area contributed by atoms with Gasteiger partial charge in [0.2, 0.25) is 0 Å². The summed E-state index contributed by atoms with van der Waals surface area (Å²) in [5.41, 5.74) is 1.75. The number of ketones is 1. The van der Waals surface area contributed by atoms with E-state index in [9.17, 15) is 4.79 Å². The van der Waals surface area contributed by atoms with E-state index >= 15 is 0 Å². The smallest absolute Gasteiger partial charge is 0.162 e. The number of hydrogen-bond acceptors (Lipinski definition) is 2. The number of Topliss-reactive ketones (excluding diaryl/α,β-unsaturated/α-hetero) is 1. The van der Waals surface area contributed by atoms with Gasteiger partial charge in [0.1, 0.15) is 0 Å². The lowest BCUT2D eigenvalue weighted by Gasteiger charge is -2.05. The zero-order valence-corrected chi connectivity index (χ0v) is 11.0. The van der Waals surface area contributed by atoms with E-state index in [1.54, 1.807) is 6.20 Å². The monoisotopic (exact) mass is 241 g/mol. The van der Waals surface area contributed by atoms with E-state index in [1.807, 2.05) is 30.3 Å². The summed E-state index contributed by atoms with van der Waals surface area (Å²) in [6, 6.07) is 9.64. The van der Waals surface area contributed by atoms with Crippen molar-refractivity contribution in [3.8, 4) is 0 Å². The van der Waals surface area contributed by atoms with Gasteiger partial charge < -0.3 is 0 Å². The summed E-state index contributed by atoms with van der Waals surface area (Å²) in [5.74, 6) is 0.903. The normalized spacial score (nSPS) is 11.1. The van der Waals surface area contributed by atoms with Crippen LogP contribution in [0.2, 0.25) is 0 Å². The maximum atomic E-state index is 12.0. The average molecular weight is 241 g/mol. The van der Waals surface area contributed by atoms with Crippen LogP contribution >= 0.6 is 0 Å². The molecule has 0 unspecified atom stereocenters. The summed E-state index contributed by atoms with van der Waals surface area (Å²) >= 11 is 0. The maximum Gasteiger partial charge on any atom is 0.162 e. The van der Waals surface area contributed by atoms with Gasteiger partial charge in [-0.05, 0) is 36.6 Å². The van der Waals surface area contributed by atoms with Gasteiger partial charge in [-0.2, -0.15) is 0 Å². The highest BCUT2D eigenvalue weighted by Crippen LogP contribution is 2.16. The number of carbonyl (C=O) groups is 1. The number of nitrogens with zero attached hydrogens (tertiary/aromatic N) is 1. The van der Waals surface area contributed by atoms with E-state index in [2.05, 4.69) is 18.8 Å². The van der Waals surface area contributed by atoms with Gasteiger partial charge in [0.15, 0.2) is 5.78 Å². The predicted molar refractivity (Wildman–Crippen MR) is 74.8 cm³/mol. The molecule has 1 heterocycles. The third-order valence-corrected chi connectivity index (χ3v) is 3.11. The molecule has 1 aromatic carbocycles. The van der Waals surface area contributed by atoms with E-state index in [4.69, 9.17) is 0 Å². The van der Waals surface area contributed by atoms with E-state index in [1.165, 1.54) is 0 Å². The van der Waals surface area contributed by atoms with Crippen LogP contribution in [0, 0.1) is 5.92 Å². The maximum absolute atomic E-state index is 12.0. The molecule has 2 nitrogen and oxygen atoms in total. The number of benzene rings is 1. The van der Waals surface area contributed by atoms with Crippen molar-refractivity contribution in [2.24, 2.45) is 5.92 Å². The third kappa shape index (κ3) is 3.16. The minimum atomic E-state index is 0.237. The minimum absolute atomic E-state index is 0.237. The molecule has 2 aromatic rings. The summed E-state index contributed by atoms with van der Waals surface area (Å²) in [5, 5.41) is 1.03. The molecular weight excluding hydrogens is 222 g/mol. The van der Waals surface area contributed by atoms with E-state index < -0.39 is 0 Å². The van der Waals surface area contributed by atoms with Crippen molar-refractivity contribution in [3.63, 3.8) is 0 Å². The van der Waals surface area contributed by atoms with Gasteiger partial charge in [-0.25, -0.2) is 0 Å². The molecule has 0 radical (unpaired) electrons. The van der Waals surface area contributed by atoms with Gasteiger partial charge in [0, 0.05) is 23.6 Å². The Bertz CT molecular complexity index is 546. The average Bonchev–Trinajstić information content (AvgIpc) is 2.37. The van der Waals surface area contributed by atoms with Gasteiger partial charge in [-0.15, -0.1) is 0 Å². The quantitative estimate of drug-likeness (QED) is 0.733. The summed E-state index contributed by atoms with van der Waals surface area (Å²) in [6.07, 6.45) is 4.50. The molecule has 0 saturated heterocycles. The SMILES string of the molecule is CC(C)CCCC(=O)c1ccc2ncccc2c1. The third-order valence-electron chi connectivity index (χ3n) is 3.11. The summed E-state index contributed by atoms with van der Waals surface area (Å²) < 4.78 is 0. The van der Waals surface area contributed by atoms with Crippen molar-refractivity contribution in [2.45, 2.75) is 33.1 Å². The van der Waals surface area contributed by atoms with Crippen molar-refractivity contribution in [1.82, 2.24) is 4.98 Å². The van der Waals surface area contributed by atoms with Crippen LogP contribution in [-0.4, -0.2) is 10.8 Å². The summed E-state index contributed by atoms with van der Waals surface area (Å²) in [4.78, 5) is 16.3. The zero-order chi connectivity index (χ0) is 13.0. The Kier molecular flexibility index (Phi) is 4.08. The second-order valence-corrected chi connectivity index (χ2v) is 5.12. The molecular formula is C16H19NO. The first-order chi connectivity index (χ1) is 8.66. The fourth-order valence-corrected chi connectivity index (χ4v) is 2.06. The molecule has 0 fully saturated rings. The Labute approximate surface area is 108 Å². The van der Waals surface area contributed by atoms with Crippen LogP contribution in [-0.2, 0) is 0 Å². The summed E-state index contributed by atoms with van der Waals surface area (Å²) in [6.45, 7) is 4.37. The molecule has 0 aliphatic heterocycles. The largest absolute Gasteiger partial charge is 0.294 e. The molecule has 2 rings (SSSR count). The molecule has 0 saturated carbocycles. The molecule has 0 spiro atoms. The van der Waals surface area contributed by atoms with E-state index in [0.717, 1.165) is 29.3 Å². The lowest BCUT2D eigenvalue weighted by Crippen LogP contribution is -2.00. The van der Waals surface area contributed by atoms with Crippen molar-refractivity contribution in [3.05, 3.63) is 42.1 Å². The van der Waals surface area contributed by atoms with Gasteiger partial charge in [-0.3, -0.25) is 9.78 Å². The van der Waals surface area contributed by atoms with Crippen molar-refractivity contribution >= 4 is 16.7 Å². The second kappa shape index (κ2) is 5.76.